The van der Waals surface area contributed by atoms with E-state index in [9.17, 15) is 14.0 Å². The summed E-state index contributed by atoms with van der Waals surface area (Å²) in [6.07, 6.45) is 0. The van der Waals surface area contributed by atoms with E-state index in [4.69, 9.17) is 0 Å². The Morgan fingerprint density at radius 2 is 1.84 bits per heavy atom. The quantitative estimate of drug-likeness (QED) is 0.784. The second-order valence-electron chi connectivity index (χ2n) is 5.79. The van der Waals surface area contributed by atoms with Gasteiger partial charge in [-0.3, -0.25) is 14.5 Å². The Kier molecular flexibility index (Phi) is 2.61. The fraction of sp³-hybridized carbons (Fsp3) is 0.429. The Bertz CT molecular complexity index is 575. The normalized spacial score (nSPS) is 27.7. The zero-order valence-corrected chi connectivity index (χ0v) is 12.2. The number of imide groups is 1. The van der Waals surface area contributed by atoms with Crippen LogP contribution in [0.5, 0.6) is 0 Å². The average Bonchev–Trinajstić information content (AvgIpc) is 2.81. The summed E-state index contributed by atoms with van der Waals surface area (Å²) in [5.74, 6) is -0.875. The summed E-state index contributed by atoms with van der Waals surface area (Å²) in [7, 11) is 0. The minimum absolute atomic E-state index is 0.0968. The van der Waals surface area contributed by atoms with Crippen molar-refractivity contribution in [2.45, 2.75) is 20.4 Å². The summed E-state index contributed by atoms with van der Waals surface area (Å²) < 4.78 is 13.5. The van der Waals surface area contributed by atoms with Gasteiger partial charge in [-0.05, 0) is 39.0 Å². The van der Waals surface area contributed by atoms with Crippen molar-refractivity contribution in [3.63, 3.8) is 0 Å². The Hall–Kier alpha value is -1.23. The van der Waals surface area contributed by atoms with Crippen LogP contribution < -0.4 is 0 Å². The van der Waals surface area contributed by atoms with E-state index < -0.39 is 0 Å². The number of likely N-dealkylation sites (tertiary alicyclic amines) is 1. The van der Waals surface area contributed by atoms with E-state index in [2.05, 4.69) is 15.9 Å². The molecule has 3 nitrogen and oxygen atoms in total. The van der Waals surface area contributed by atoms with Crippen LogP contribution in [0, 0.1) is 23.1 Å². The largest absolute Gasteiger partial charge is 0.278 e. The highest BCUT2D eigenvalue weighted by Gasteiger charge is 2.72. The van der Waals surface area contributed by atoms with Crippen molar-refractivity contribution in [1.29, 1.82) is 0 Å². The molecule has 5 heteroatoms. The average molecular weight is 326 g/mol. The summed E-state index contributed by atoms with van der Waals surface area (Å²) in [5, 5.41) is 0. The first-order valence-corrected chi connectivity index (χ1v) is 6.92. The number of carbonyl (C=O) groups excluding carboxylic acids is 2. The van der Waals surface area contributed by atoms with Gasteiger partial charge in [0.15, 0.2) is 0 Å². The van der Waals surface area contributed by atoms with Gasteiger partial charge in [0.1, 0.15) is 5.82 Å². The van der Waals surface area contributed by atoms with Gasteiger partial charge in [0, 0.05) is 0 Å². The topological polar surface area (TPSA) is 37.4 Å². The fourth-order valence-corrected chi connectivity index (χ4v) is 3.41. The summed E-state index contributed by atoms with van der Waals surface area (Å²) in [5.41, 5.74) is 0.558. The van der Waals surface area contributed by atoms with Gasteiger partial charge < -0.3 is 0 Å². The van der Waals surface area contributed by atoms with Crippen molar-refractivity contribution in [2.75, 3.05) is 0 Å². The van der Waals surface area contributed by atoms with Crippen molar-refractivity contribution in [1.82, 2.24) is 4.90 Å². The van der Waals surface area contributed by atoms with Gasteiger partial charge in [0.25, 0.3) is 0 Å². The molecule has 0 spiro atoms. The molecule has 1 aromatic carbocycles. The lowest BCUT2D eigenvalue weighted by atomic mass is 10.1. The van der Waals surface area contributed by atoms with Gasteiger partial charge in [-0.15, -0.1) is 0 Å². The molecule has 1 aliphatic heterocycles. The van der Waals surface area contributed by atoms with Crippen molar-refractivity contribution < 1.29 is 14.0 Å². The van der Waals surface area contributed by atoms with Crippen LogP contribution in [-0.2, 0) is 16.1 Å². The summed E-state index contributed by atoms with van der Waals surface area (Å²) in [6, 6.07) is 4.52. The lowest BCUT2D eigenvalue weighted by Crippen LogP contribution is -2.35. The zero-order valence-electron chi connectivity index (χ0n) is 10.6. The maximum atomic E-state index is 13.1. The molecule has 0 N–H and O–H groups in total. The number of nitrogens with zero attached hydrogens (tertiary/aromatic N) is 1. The van der Waals surface area contributed by atoms with E-state index in [-0.39, 0.29) is 41.4 Å². The predicted octanol–water partition coefficient (Wildman–Crippen LogP) is 2.73. The molecule has 2 amide bonds. The van der Waals surface area contributed by atoms with Gasteiger partial charge in [-0.25, -0.2) is 4.39 Å². The molecule has 1 aliphatic carbocycles. The Balaban J connectivity index is 1.80. The molecule has 1 saturated heterocycles. The van der Waals surface area contributed by atoms with E-state index in [1.165, 1.54) is 11.0 Å². The van der Waals surface area contributed by atoms with Crippen LogP contribution in [0.2, 0.25) is 0 Å². The number of piperidine rings is 1. The first kappa shape index (κ1) is 12.8. The molecule has 0 aromatic heterocycles. The van der Waals surface area contributed by atoms with Crippen LogP contribution in [-0.4, -0.2) is 16.7 Å². The standard InChI is InChI=1S/C14H13BrFNO2/c1-14(2)10-11(14)13(19)17(12(10)18)6-7-3-4-9(16)8(15)5-7/h3-5,10-11H,6H2,1-2H3. The Morgan fingerprint density at radius 1 is 1.26 bits per heavy atom. The number of rotatable bonds is 2. The van der Waals surface area contributed by atoms with E-state index >= 15 is 0 Å². The SMILES string of the molecule is CC1(C)C2C(=O)N(Cc3ccc(F)c(Br)c3)C(=O)C21. The molecule has 1 heterocycles. The monoisotopic (exact) mass is 325 g/mol. The van der Waals surface area contributed by atoms with Crippen LogP contribution in [0.15, 0.2) is 22.7 Å². The maximum Gasteiger partial charge on any atom is 0.233 e. The van der Waals surface area contributed by atoms with Crippen molar-refractivity contribution >= 4 is 27.7 Å². The summed E-state index contributed by atoms with van der Waals surface area (Å²) in [6.45, 7) is 4.12. The highest BCUT2D eigenvalue weighted by Crippen LogP contribution is 2.63. The highest BCUT2D eigenvalue weighted by molar-refractivity contribution is 9.10. The second-order valence-corrected chi connectivity index (χ2v) is 6.64. The van der Waals surface area contributed by atoms with Gasteiger partial charge >= 0.3 is 0 Å². The van der Waals surface area contributed by atoms with E-state index in [1.807, 2.05) is 13.8 Å². The summed E-state index contributed by atoms with van der Waals surface area (Å²) >= 11 is 3.10. The third-order valence-corrected chi connectivity index (χ3v) is 4.82. The lowest BCUT2D eigenvalue weighted by Gasteiger charge is -2.20. The number of halogens is 2. The van der Waals surface area contributed by atoms with Crippen LogP contribution in [0.4, 0.5) is 4.39 Å². The molecule has 3 rings (SSSR count). The molecule has 19 heavy (non-hydrogen) atoms. The molecule has 2 fully saturated rings. The predicted molar refractivity (Wildman–Crippen MR) is 70.4 cm³/mol. The number of hydrogen-bond acceptors (Lipinski definition) is 2. The molecule has 1 saturated carbocycles. The van der Waals surface area contributed by atoms with Gasteiger partial charge in [-0.2, -0.15) is 0 Å². The smallest absolute Gasteiger partial charge is 0.233 e. The molecule has 100 valence electrons. The number of amides is 2. The molecule has 2 atom stereocenters. The summed E-state index contributed by atoms with van der Waals surface area (Å²) in [4.78, 5) is 25.6. The van der Waals surface area contributed by atoms with Gasteiger partial charge in [0.2, 0.25) is 11.8 Å². The first-order valence-electron chi connectivity index (χ1n) is 6.13. The zero-order chi connectivity index (χ0) is 13.9. The molecular weight excluding hydrogens is 313 g/mol. The van der Waals surface area contributed by atoms with Gasteiger partial charge in [-0.1, -0.05) is 19.9 Å². The Labute approximate surface area is 118 Å². The molecule has 2 aliphatic rings. The van der Waals surface area contributed by atoms with Crippen LogP contribution in [0.3, 0.4) is 0 Å². The van der Waals surface area contributed by atoms with Crippen LogP contribution in [0.1, 0.15) is 19.4 Å². The third-order valence-electron chi connectivity index (χ3n) is 4.22. The number of carbonyl (C=O) groups is 2. The van der Waals surface area contributed by atoms with Crippen molar-refractivity contribution in [3.8, 4) is 0 Å². The molecule has 1 aromatic rings. The molecular formula is C14H13BrFNO2. The lowest BCUT2D eigenvalue weighted by molar-refractivity contribution is -0.143. The highest BCUT2D eigenvalue weighted by atomic mass is 79.9. The minimum atomic E-state index is -0.355. The third kappa shape index (κ3) is 1.75. The van der Waals surface area contributed by atoms with Gasteiger partial charge in [0.05, 0.1) is 22.9 Å². The van der Waals surface area contributed by atoms with E-state index in [0.29, 0.717) is 4.47 Å². The van der Waals surface area contributed by atoms with Crippen LogP contribution >= 0.6 is 15.9 Å². The van der Waals surface area contributed by atoms with E-state index in [1.54, 1.807) is 12.1 Å². The fourth-order valence-electron chi connectivity index (χ4n) is 2.98. The van der Waals surface area contributed by atoms with Crippen molar-refractivity contribution in [3.05, 3.63) is 34.1 Å². The molecule has 0 bridgehead atoms. The number of benzene rings is 1. The van der Waals surface area contributed by atoms with Crippen molar-refractivity contribution in [2.24, 2.45) is 17.3 Å². The maximum absolute atomic E-state index is 13.1. The van der Waals surface area contributed by atoms with Crippen LogP contribution in [0.25, 0.3) is 0 Å². The Morgan fingerprint density at radius 3 is 2.37 bits per heavy atom. The van der Waals surface area contributed by atoms with E-state index in [0.717, 1.165) is 5.56 Å². The molecule has 0 radical (unpaired) electrons. The second kappa shape index (κ2) is 3.88. The number of hydrogen-bond donors (Lipinski definition) is 0. The number of fused-ring (bicyclic) bond motifs is 1. The first-order chi connectivity index (χ1) is 8.84. The minimum Gasteiger partial charge on any atom is -0.278 e. The molecule has 2 unspecified atom stereocenters.